The van der Waals surface area contributed by atoms with Crippen molar-refractivity contribution < 1.29 is 9.53 Å². The van der Waals surface area contributed by atoms with Crippen LogP contribution in [-0.4, -0.2) is 54.9 Å². The topological polar surface area (TPSA) is 147 Å². The maximum atomic E-state index is 13.7. The molecule has 0 saturated heterocycles. The lowest BCUT2D eigenvalue weighted by Crippen LogP contribution is -2.49. The Morgan fingerprint density at radius 1 is 1.00 bits per heavy atom. The van der Waals surface area contributed by atoms with E-state index in [9.17, 15) is 10.1 Å². The highest BCUT2D eigenvalue weighted by atomic mass is 16.5. The molecule has 232 valence electrons. The van der Waals surface area contributed by atoms with Crippen LogP contribution in [0, 0.1) is 11.3 Å². The number of amides is 2. The standard InChI is InChI=1S/C34H34N10O2/c1-43-22-27(21-40-43)25-8-13-30(37-19-25)44(34(45)39-18-23-6-4-3-5-7-23)29-11-9-28(10-12-29)41-33-38-20-26(17-35)32(42-33)24-14-15-36-31(16-24)46-2/h3-8,13-16,19-22,28-29H,9-12,18H2,1-2H3,(H,39,45)(H,38,41,42). The third-order valence-electron chi connectivity index (χ3n) is 8.06. The van der Waals surface area contributed by atoms with Crippen molar-refractivity contribution in [2.45, 2.75) is 44.3 Å². The molecule has 5 aromatic rings. The van der Waals surface area contributed by atoms with Gasteiger partial charge in [-0.2, -0.15) is 10.4 Å². The molecule has 12 nitrogen and oxygen atoms in total. The Bertz CT molecular complexity index is 1830. The van der Waals surface area contributed by atoms with Crippen molar-refractivity contribution in [2.75, 3.05) is 17.3 Å². The largest absolute Gasteiger partial charge is 0.481 e. The predicted octanol–water partition coefficient (Wildman–Crippen LogP) is 5.35. The van der Waals surface area contributed by atoms with Crippen molar-refractivity contribution in [3.8, 4) is 34.3 Å². The van der Waals surface area contributed by atoms with Crippen LogP contribution in [0.15, 0.2) is 85.6 Å². The summed E-state index contributed by atoms with van der Waals surface area (Å²) in [6.45, 7) is 0.419. The number of methoxy groups -OCH3 is 1. The lowest BCUT2D eigenvalue weighted by atomic mass is 9.90. The van der Waals surface area contributed by atoms with Gasteiger partial charge in [-0.15, -0.1) is 0 Å². The number of nitrogens with one attached hydrogen (secondary N) is 2. The van der Waals surface area contributed by atoms with E-state index in [1.54, 1.807) is 47.4 Å². The van der Waals surface area contributed by atoms with E-state index in [0.29, 0.717) is 35.4 Å². The summed E-state index contributed by atoms with van der Waals surface area (Å²) in [5, 5.41) is 20.5. The Morgan fingerprint density at radius 2 is 1.83 bits per heavy atom. The molecule has 1 saturated carbocycles. The average molecular weight is 615 g/mol. The molecule has 0 spiro atoms. The van der Waals surface area contributed by atoms with Crippen LogP contribution in [0.25, 0.3) is 22.4 Å². The van der Waals surface area contributed by atoms with Crippen molar-refractivity contribution in [2.24, 2.45) is 7.05 Å². The number of hydrogen-bond donors (Lipinski definition) is 2. The van der Waals surface area contributed by atoms with E-state index < -0.39 is 0 Å². The zero-order valence-corrected chi connectivity index (χ0v) is 25.7. The minimum Gasteiger partial charge on any atom is -0.481 e. The summed E-state index contributed by atoms with van der Waals surface area (Å²) in [5.41, 5.74) is 4.51. The highest BCUT2D eigenvalue weighted by molar-refractivity contribution is 5.91. The zero-order chi connectivity index (χ0) is 31.9. The molecule has 0 radical (unpaired) electrons. The Balaban J connectivity index is 1.17. The van der Waals surface area contributed by atoms with Crippen LogP contribution in [0.3, 0.4) is 0 Å². The summed E-state index contributed by atoms with van der Waals surface area (Å²) in [6.07, 6.45) is 11.8. The monoisotopic (exact) mass is 614 g/mol. The second-order valence-electron chi connectivity index (χ2n) is 11.1. The molecule has 0 aliphatic heterocycles. The fourth-order valence-electron chi connectivity index (χ4n) is 5.67. The number of rotatable bonds is 9. The number of nitriles is 1. The van der Waals surface area contributed by atoms with Crippen LogP contribution < -0.4 is 20.3 Å². The Hall–Kier alpha value is -5.83. The van der Waals surface area contributed by atoms with Crippen LogP contribution in [-0.2, 0) is 13.6 Å². The fourth-order valence-corrected chi connectivity index (χ4v) is 5.67. The van der Waals surface area contributed by atoms with Crippen LogP contribution in [0.1, 0.15) is 36.8 Å². The first-order chi connectivity index (χ1) is 22.5. The molecule has 46 heavy (non-hydrogen) atoms. The predicted molar refractivity (Wildman–Crippen MR) is 174 cm³/mol. The summed E-state index contributed by atoms with van der Waals surface area (Å²) >= 11 is 0. The van der Waals surface area contributed by atoms with Gasteiger partial charge < -0.3 is 15.4 Å². The number of carbonyl (C=O) groups excluding carboxylic acids is 1. The lowest BCUT2D eigenvalue weighted by molar-refractivity contribution is 0.240. The van der Waals surface area contributed by atoms with Crippen LogP contribution >= 0.6 is 0 Å². The Labute approximate surface area is 267 Å². The second-order valence-corrected chi connectivity index (χ2v) is 11.1. The van der Waals surface area contributed by atoms with Crippen molar-refractivity contribution in [3.63, 3.8) is 0 Å². The number of urea groups is 1. The van der Waals surface area contributed by atoms with Crippen molar-refractivity contribution in [1.82, 2.24) is 35.0 Å². The third-order valence-corrected chi connectivity index (χ3v) is 8.06. The maximum Gasteiger partial charge on any atom is 0.323 e. The smallest absolute Gasteiger partial charge is 0.323 e. The molecule has 2 N–H and O–H groups in total. The van der Waals surface area contributed by atoms with Crippen molar-refractivity contribution in [1.29, 1.82) is 5.26 Å². The molecular weight excluding hydrogens is 580 g/mol. The molecule has 0 unspecified atom stereocenters. The normalized spacial score (nSPS) is 15.8. The van der Waals surface area contributed by atoms with Gasteiger partial charge >= 0.3 is 6.03 Å². The van der Waals surface area contributed by atoms with Crippen LogP contribution in [0.2, 0.25) is 0 Å². The van der Waals surface area contributed by atoms with E-state index in [1.807, 2.05) is 55.7 Å². The molecule has 12 heteroatoms. The summed E-state index contributed by atoms with van der Waals surface area (Å²) < 4.78 is 7.00. The molecule has 0 atom stereocenters. The summed E-state index contributed by atoms with van der Waals surface area (Å²) in [4.78, 5) is 33.5. The van der Waals surface area contributed by atoms with Gasteiger partial charge in [0.15, 0.2) is 0 Å². The first-order valence-electron chi connectivity index (χ1n) is 15.1. The van der Waals surface area contributed by atoms with Gasteiger partial charge in [-0.05, 0) is 49.4 Å². The van der Waals surface area contributed by atoms with Crippen molar-refractivity contribution in [3.05, 3.63) is 96.7 Å². The van der Waals surface area contributed by atoms with Gasteiger partial charge in [0.25, 0.3) is 0 Å². The molecule has 1 aliphatic carbocycles. The van der Waals surface area contributed by atoms with E-state index in [4.69, 9.17) is 9.72 Å². The number of aryl methyl sites for hydroxylation is 1. The van der Waals surface area contributed by atoms with Crippen LogP contribution in [0.5, 0.6) is 5.88 Å². The number of ether oxygens (including phenoxy) is 1. The summed E-state index contributed by atoms with van der Waals surface area (Å²) in [6, 6.07) is 19.3. The first-order valence-corrected chi connectivity index (χ1v) is 15.1. The van der Waals surface area contributed by atoms with Gasteiger partial charge in [-0.1, -0.05) is 30.3 Å². The summed E-state index contributed by atoms with van der Waals surface area (Å²) in [5.74, 6) is 1.48. The van der Waals surface area contributed by atoms with E-state index in [-0.39, 0.29) is 18.1 Å². The SMILES string of the molecule is COc1cc(-c2nc(NC3CCC(N(C(=O)NCc4ccccc4)c4ccc(-c5cnn(C)c5)cn4)CC3)ncc2C#N)ccn1. The molecule has 1 aromatic carbocycles. The van der Waals surface area contributed by atoms with Gasteiger partial charge in [0.1, 0.15) is 11.9 Å². The fraction of sp³-hybridized carbons (Fsp3) is 0.265. The number of benzene rings is 1. The number of nitrogens with zero attached hydrogens (tertiary/aromatic N) is 8. The molecule has 4 heterocycles. The van der Waals surface area contributed by atoms with E-state index >= 15 is 0 Å². The van der Waals surface area contributed by atoms with Crippen molar-refractivity contribution >= 4 is 17.8 Å². The minimum atomic E-state index is -0.185. The molecular formula is C34H34N10O2. The molecule has 6 rings (SSSR count). The van der Waals surface area contributed by atoms with Gasteiger partial charge in [0, 0.05) is 67.0 Å². The quantitative estimate of drug-likeness (QED) is 0.224. The maximum absolute atomic E-state index is 13.7. The number of carbonyl (C=O) groups is 1. The number of hydrogen-bond acceptors (Lipinski definition) is 9. The van der Waals surface area contributed by atoms with E-state index in [2.05, 4.69) is 36.8 Å². The molecule has 0 bridgehead atoms. The second kappa shape index (κ2) is 13.9. The first kappa shape index (κ1) is 30.2. The number of aromatic nitrogens is 6. The molecule has 4 aromatic heterocycles. The molecule has 2 amide bonds. The van der Waals surface area contributed by atoms with E-state index in [0.717, 1.165) is 47.9 Å². The van der Waals surface area contributed by atoms with Gasteiger partial charge in [0.2, 0.25) is 11.8 Å². The Kier molecular flexibility index (Phi) is 9.10. The van der Waals surface area contributed by atoms with Crippen LogP contribution in [0.4, 0.5) is 16.6 Å². The highest BCUT2D eigenvalue weighted by Crippen LogP contribution is 2.30. The number of pyridine rings is 2. The minimum absolute atomic E-state index is 0.0488. The summed E-state index contributed by atoms with van der Waals surface area (Å²) in [7, 11) is 3.42. The Morgan fingerprint density at radius 3 is 2.52 bits per heavy atom. The zero-order valence-electron chi connectivity index (χ0n) is 25.7. The van der Waals surface area contributed by atoms with Gasteiger partial charge in [-0.25, -0.2) is 24.7 Å². The highest BCUT2D eigenvalue weighted by Gasteiger charge is 2.31. The molecule has 1 aliphatic rings. The van der Waals surface area contributed by atoms with Gasteiger partial charge in [-0.3, -0.25) is 9.58 Å². The van der Waals surface area contributed by atoms with Gasteiger partial charge in [0.05, 0.1) is 30.8 Å². The average Bonchev–Trinajstić information content (AvgIpc) is 3.55. The third kappa shape index (κ3) is 6.94. The molecule has 1 fully saturated rings. The number of anilines is 2. The van der Waals surface area contributed by atoms with E-state index in [1.165, 1.54) is 6.20 Å². The lowest BCUT2D eigenvalue weighted by Gasteiger charge is -2.36.